The van der Waals surface area contributed by atoms with Crippen LogP contribution in [0.1, 0.15) is 81.2 Å². The summed E-state index contributed by atoms with van der Waals surface area (Å²) in [6.07, 6.45) is 14.3. The van der Waals surface area contributed by atoms with Crippen LogP contribution in [0.2, 0.25) is 0 Å². The van der Waals surface area contributed by atoms with Crippen molar-refractivity contribution in [1.82, 2.24) is 30.2 Å². The number of hydrogen-bond acceptors (Lipinski definition) is 7. The highest BCUT2D eigenvalue weighted by Gasteiger charge is 2.42. The second kappa shape index (κ2) is 8.83. The Balaban J connectivity index is 1.17. The first-order valence-corrected chi connectivity index (χ1v) is 12.8. The number of carbonyl (C=O) groups is 1. The maximum absolute atomic E-state index is 12.6. The second-order valence-corrected chi connectivity index (χ2v) is 10.4. The van der Waals surface area contributed by atoms with Gasteiger partial charge in [0.25, 0.3) is 5.91 Å². The number of imidazole rings is 1. The summed E-state index contributed by atoms with van der Waals surface area (Å²) in [6, 6.07) is 1.59. The standard InChI is InChI=1S/C24H35N7O2/c32-22-21-29-19-14-25-23(30-20(19)31(21)24(15-26-22)10-2-1-3-11-24)28-17-6-4-16(5-7-17)27-18-8-12-33-13-9-18/h14,16-18,27H,1-13,15H2,(H,26,32)(H,25,28,30)/t16-,17-. The Kier molecular flexibility index (Phi) is 5.70. The molecule has 178 valence electrons. The highest BCUT2D eigenvalue weighted by atomic mass is 16.5. The Labute approximate surface area is 194 Å². The van der Waals surface area contributed by atoms with E-state index in [0.29, 0.717) is 42.0 Å². The van der Waals surface area contributed by atoms with Crippen LogP contribution in [0.4, 0.5) is 5.95 Å². The third-order valence-electron chi connectivity index (χ3n) is 8.19. The minimum atomic E-state index is -0.103. The van der Waals surface area contributed by atoms with Crippen molar-refractivity contribution in [2.75, 3.05) is 25.1 Å². The first kappa shape index (κ1) is 21.3. The fraction of sp³-hybridized carbons (Fsp3) is 0.750. The second-order valence-electron chi connectivity index (χ2n) is 10.4. The van der Waals surface area contributed by atoms with E-state index < -0.39 is 0 Å². The average molecular weight is 454 g/mol. The molecule has 4 heterocycles. The van der Waals surface area contributed by atoms with Gasteiger partial charge >= 0.3 is 0 Å². The number of fused-ring (bicyclic) bond motifs is 4. The molecule has 3 N–H and O–H groups in total. The maximum Gasteiger partial charge on any atom is 0.287 e. The molecule has 9 heteroatoms. The van der Waals surface area contributed by atoms with Crippen LogP contribution < -0.4 is 16.0 Å². The molecule has 1 saturated heterocycles. The molecule has 2 aromatic heterocycles. The molecule has 1 amide bonds. The minimum absolute atomic E-state index is 0.101. The lowest BCUT2D eigenvalue weighted by Crippen LogP contribution is -2.52. The van der Waals surface area contributed by atoms with E-state index in [4.69, 9.17) is 9.72 Å². The summed E-state index contributed by atoms with van der Waals surface area (Å²) in [7, 11) is 0. The van der Waals surface area contributed by atoms with Crippen LogP contribution >= 0.6 is 0 Å². The van der Waals surface area contributed by atoms with Gasteiger partial charge in [0, 0.05) is 37.9 Å². The number of ether oxygens (including phenoxy) is 1. The molecule has 33 heavy (non-hydrogen) atoms. The smallest absolute Gasteiger partial charge is 0.287 e. The SMILES string of the molecule is O=C1NCC2(CCCCC2)n2c1nc1cnc(N[C@H]3CC[C@H](NC4CCOCC4)CC3)nc12. The zero-order valence-electron chi connectivity index (χ0n) is 19.3. The molecule has 2 saturated carbocycles. The van der Waals surface area contributed by atoms with E-state index in [1.807, 2.05) is 0 Å². The van der Waals surface area contributed by atoms with E-state index in [0.717, 1.165) is 57.4 Å². The van der Waals surface area contributed by atoms with Crippen LogP contribution in [0.3, 0.4) is 0 Å². The molecule has 2 aromatic rings. The van der Waals surface area contributed by atoms with Crippen LogP contribution in [0.15, 0.2) is 6.20 Å². The van der Waals surface area contributed by atoms with Gasteiger partial charge in [-0.25, -0.2) is 9.97 Å². The largest absolute Gasteiger partial charge is 0.381 e. The van der Waals surface area contributed by atoms with Crippen molar-refractivity contribution in [3.05, 3.63) is 12.0 Å². The molecule has 1 spiro atoms. The van der Waals surface area contributed by atoms with E-state index in [1.54, 1.807) is 6.20 Å². The van der Waals surface area contributed by atoms with Gasteiger partial charge in [-0.1, -0.05) is 19.3 Å². The fourth-order valence-electron chi connectivity index (χ4n) is 6.34. The molecule has 0 radical (unpaired) electrons. The predicted molar refractivity (Wildman–Crippen MR) is 125 cm³/mol. The average Bonchev–Trinajstić information content (AvgIpc) is 3.25. The molecular formula is C24H35N7O2. The Morgan fingerprint density at radius 1 is 0.970 bits per heavy atom. The molecule has 6 rings (SSSR count). The van der Waals surface area contributed by atoms with Crippen molar-refractivity contribution in [2.45, 2.75) is 94.3 Å². The van der Waals surface area contributed by atoms with E-state index in [2.05, 4.69) is 30.5 Å². The third kappa shape index (κ3) is 4.10. The van der Waals surface area contributed by atoms with Crippen LogP contribution in [0, 0.1) is 0 Å². The molecule has 0 unspecified atom stereocenters. The van der Waals surface area contributed by atoms with Gasteiger partial charge in [0.1, 0.15) is 5.52 Å². The first-order chi connectivity index (χ1) is 16.2. The molecule has 2 aliphatic heterocycles. The Morgan fingerprint density at radius 2 is 1.70 bits per heavy atom. The summed E-state index contributed by atoms with van der Waals surface area (Å²) in [5, 5.41) is 10.5. The quantitative estimate of drug-likeness (QED) is 0.654. The monoisotopic (exact) mass is 453 g/mol. The Hall–Kier alpha value is -2.26. The lowest BCUT2D eigenvalue weighted by Gasteiger charge is -2.42. The molecule has 9 nitrogen and oxygen atoms in total. The molecule has 4 aliphatic rings. The first-order valence-electron chi connectivity index (χ1n) is 12.8. The summed E-state index contributed by atoms with van der Waals surface area (Å²) >= 11 is 0. The minimum Gasteiger partial charge on any atom is -0.381 e. The van der Waals surface area contributed by atoms with E-state index in [9.17, 15) is 4.79 Å². The van der Waals surface area contributed by atoms with Gasteiger partial charge in [-0.2, -0.15) is 4.98 Å². The molecular weight excluding hydrogens is 418 g/mol. The number of nitrogens with zero attached hydrogens (tertiary/aromatic N) is 4. The van der Waals surface area contributed by atoms with Crippen molar-refractivity contribution in [3.8, 4) is 0 Å². The van der Waals surface area contributed by atoms with Crippen LogP contribution in [-0.4, -0.2) is 63.3 Å². The van der Waals surface area contributed by atoms with Crippen molar-refractivity contribution in [1.29, 1.82) is 0 Å². The lowest BCUT2D eigenvalue weighted by atomic mass is 9.80. The lowest BCUT2D eigenvalue weighted by molar-refractivity contribution is 0.0730. The summed E-state index contributed by atoms with van der Waals surface area (Å²) in [5.41, 5.74) is 1.41. The number of rotatable bonds is 4. The number of anilines is 1. The van der Waals surface area contributed by atoms with Gasteiger partial charge in [-0.3, -0.25) is 9.36 Å². The Bertz CT molecular complexity index is 1000. The number of aromatic nitrogens is 4. The number of amides is 1. The van der Waals surface area contributed by atoms with Crippen LogP contribution in [0.25, 0.3) is 11.2 Å². The van der Waals surface area contributed by atoms with Crippen molar-refractivity contribution < 1.29 is 9.53 Å². The highest BCUT2D eigenvalue weighted by molar-refractivity contribution is 5.95. The number of hydrogen-bond donors (Lipinski definition) is 3. The molecule has 2 aliphatic carbocycles. The molecule has 0 atom stereocenters. The van der Waals surface area contributed by atoms with Crippen LogP contribution in [-0.2, 0) is 10.3 Å². The molecule has 0 bridgehead atoms. The molecule has 3 fully saturated rings. The van der Waals surface area contributed by atoms with E-state index in [1.165, 1.54) is 32.1 Å². The summed E-state index contributed by atoms with van der Waals surface area (Å²) in [5.74, 6) is 1.04. The number of carbonyl (C=O) groups excluding carboxylic acids is 1. The van der Waals surface area contributed by atoms with Gasteiger partial charge < -0.3 is 20.7 Å². The van der Waals surface area contributed by atoms with Gasteiger partial charge in [0.15, 0.2) is 5.65 Å². The highest BCUT2D eigenvalue weighted by Crippen LogP contribution is 2.39. The summed E-state index contributed by atoms with van der Waals surface area (Å²) in [6.45, 7) is 2.44. The normalized spacial score (nSPS) is 27.9. The van der Waals surface area contributed by atoms with E-state index in [-0.39, 0.29) is 11.4 Å². The van der Waals surface area contributed by atoms with Gasteiger partial charge in [-0.15, -0.1) is 0 Å². The number of nitrogens with one attached hydrogen (secondary N) is 3. The van der Waals surface area contributed by atoms with Crippen molar-refractivity contribution >= 4 is 23.0 Å². The zero-order valence-corrected chi connectivity index (χ0v) is 19.3. The fourth-order valence-corrected chi connectivity index (χ4v) is 6.34. The summed E-state index contributed by atoms with van der Waals surface area (Å²) < 4.78 is 7.62. The third-order valence-corrected chi connectivity index (χ3v) is 8.19. The zero-order chi connectivity index (χ0) is 22.3. The van der Waals surface area contributed by atoms with Gasteiger partial charge in [-0.05, 0) is 51.4 Å². The van der Waals surface area contributed by atoms with E-state index >= 15 is 0 Å². The van der Waals surface area contributed by atoms with Crippen molar-refractivity contribution in [3.63, 3.8) is 0 Å². The van der Waals surface area contributed by atoms with Crippen LogP contribution in [0.5, 0.6) is 0 Å². The summed E-state index contributed by atoms with van der Waals surface area (Å²) in [4.78, 5) is 26.7. The van der Waals surface area contributed by atoms with Gasteiger partial charge in [0.05, 0.1) is 11.7 Å². The predicted octanol–water partition coefficient (Wildman–Crippen LogP) is 2.72. The Morgan fingerprint density at radius 3 is 2.48 bits per heavy atom. The molecule has 0 aromatic carbocycles. The van der Waals surface area contributed by atoms with Gasteiger partial charge in [0.2, 0.25) is 11.8 Å². The van der Waals surface area contributed by atoms with Crippen molar-refractivity contribution in [2.24, 2.45) is 0 Å². The maximum atomic E-state index is 12.6. The topological polar surface area (TPSA) is 106 Å².